The molecule has 1 atom stereocenters. The van der Waals surface area contributed by atoms with E-state index in [0.29, 0.717) is 6.54 Å². The summed E-state index contributed by atoms with van der Waals surface area (Å²) in [6.07, 6.45) is 3.17. The number of aromatic nitrogens is 2. The van der Waals surface area contributed by atoms with Crippen LogP contribution in [0.15, 0.2) is 36.5 Å². The van der Waals surface area contributed by atoms with E-state index in [1.165, 1.54) is 12.1 Å². The average Bonchev–Trinajstić information content (AvgIpc) is 3.01. The van der Waals surface area contributed by atoms with Crippen LogP contribution in [0, 0.1) is 12.7 Å². The van der Waals surface area contributed by atoms with Crippen molar-refractivity contribution in [3.05, 3.63) is 53.7 Å². The summed E-state index contributed by atoms with van der Waals surface area (Å²) in [5, 5.41) is 0. The molecule has 0 N–H and O–H groups in total. The van der Waals surface area contributed by atoms with E-state index < -0.39 is 5.60 Å². The summed E-state index contributed by atoms with van der Waals surface area (Å²) in [4.78, 5) is 27.8. The molecule has 1 aromatic carbocycles. The molecule has 7 nitrogen and oxygen atoms in total. The standard InChI is InChI=1S/C22H26FN5O2/c1-16-24-9-6-20(25-16)27-10-7-22(8-11-27)19-15-26(12-13-28(19)21(29)30-22)14-17-2-4-18(23)5-3-17/h2-6,9,19H,7-8,10-15H2,1H3. The molecule has 2 aromatic rings. The number of carbonyl (C=O) groups excluding carboxylic acids is 1. The Morgan fingerprint density at radius 3 is 2.63 bits per heavy atom. The van der Waals surface area contributed by atoms with Crippen LogP contribution in [0.5, 0.6) is 0 Å². The summed E-state index contributed by atoms with van der Waals surface area (Å²) in [5.74, 6) is 1.47. The van der Waals surface area contributed by atoms with Gasteiger partial charge in [0.1, 0.15) is 23.1 Å². The molecule has 0 bridgehead atoms. The molecule has 4 heterocycles. The molecular weight excluding hydrogens is 385 g/mol. The first-order valence-corrected chi connectivity index (χ1v) is 10.5. The predicted octanol–water partition coefficient (Wildman–Crippen LogP) is 2.60. The zero-order valence-corrected chi connectivity index (χ0v) is 17.1. The van der Waals surface area contributed by atoms with Gasteiger partial charge in [0, 0.05) is 58.3 Å². The third-order valence-electron chi connectivity index (χ3n) is 6.61. The highest BCUT2D eigenvalue weighted by molar-refractivity contribution is 5.72. The predicted molar refractivity (Wildman–Crippen MR) is 110 cm³/mol. The van der Waals surface area contributed by atoms with Crippen molar-refractivity contribution in [3.63, 3.8) is 0 Å². The Bertz CT molecular complexity index is 929. The van der Waals surface area contributed by atoms with Crippen LogP contribution in [0.4, 0.5) is 15.0 Å². The number of piperidine rings is 1. The second-order valence-electron chi connectivity index (χ2n) is 8.45. The molecule has 0 saturated carbocycles. The number of aryl methyl sites for hydroxylation is 1. The van der Waals surface area contributed by atoms with E-state index in [0.717, 1.165) is 62.8 Å². The summed E-state index contributed by atoms with van der Waals surface area (Å²) in [5.41, 5.74) is 0.634. The fraction of sp³-hybridized carbons (Fsp3) is 0.500. The Morgan fingerprint density at radius 1 is 1.13 bits per heavy atom. The van der Waals surface area contributed by atoms with Crippen LogP contribution in [0.3, 0.4) is 0 Å². The van der Waals surface area contributed by atoms with Gasteiger partial charge < -0.3 is 9.64 Å². The van der Waals surface area contributed by atoms with E-state index in [2.05, 4.69) is 19.8 Å². The van der Waals surface area contributed by atoms with E-state index in [-0.39, 0.29) is 18.0 Å². The van der Waals surface area contributed by atoms with Crippen LogP contribution >= 0.6 is 0 Å². The molecule has 1 unspecified atom stereocenters. The molecule has 1 aromatic heterocycles. The maximum Gasteiger partial charge on any atom is 0.410 e. The number of amides is 1. The lowest BCUT2D eigenvalue weighted by atomic mass is 9.83. The summed E-state index contributed by atoms with van der Waals surface area (Å²) in [6, 6.07) is 8.64. The highest BCUT2D eigenvalue weighted by Gasteiger charge is 2.56. The first kappa shape index (κ1) is 19.2. The average molecular weight is 411 g/mol. The van der Waals surface area contributed by atoms with Gasteiger partial charge in [-0.25, -0.2) is 19.2 Å². The van der Waals surface area contributed by atoms with Gasteiger partial charge in [-0.1, -0.05) is 12.1 Å². The number of carbonyl (C=O) groups is 1. The minimum absolute atomic E-state index is 0.0495. The lowest BCUT2D eigenvalue weighted by Crippen LogP contribution is -2.60. The van der Waals surface area contributed by atoms with Gasteiger partial charge >= 0.3 is 6.09 Å². The molecule has 5 rings (SSSR count). The van der Waals surface area contributed by atoms with Crippen molar-refractivity contribution in [1.82, 2.24) is 19.8 Å². The smallest absolute Gasteiger partial charge is 0.410 e. The lowest BCUT2D eigenvalue weighted by Gasteiger charge is -2.45. The van der Waals surface area contributed by atoms with Gasteiger partial charge in [0.05, 0.1) is 6.04 Å². The molecule has 1 amide bonds. The molecule has 30 heavy (non-hydrogen) atoms. The molecule has 8 heteroatoms. The molecule has 158 valence electrons. The monoisotopic (exact) mass is 411 g/mol. The molecular formula is C22H26FN5O2. The molecule has 3 aliphatic heterocycles. The quantitative estimate of drug-likeness (QED) is 0.774. The number of hydrogen-bond donors (Lipinski definition) is 0. The Hall–Kier alpha value is -2.74. The van der Waals surface area contributed by atoms with Crippen LogP contribution in [0.25, 0.3) is 0 Å². The van der Waals surface area contributed by atoms with Gasteiger partial charge in [-0.05, 0) is 30.7 Å². The molecule has 3 fully saturated rings. The number of nitrogens with zero attached hydrogens (tertiary/aromatic N) is 5. The van der Waals surface area contributed by atoms with Crippen LogP contribution in [0.1, 0.15) is 24.2 Å². The minimum atomic E-state index is -0.447. The van der Waals surface area contributed by atoms with Crippen molar-refractivity contribution >= 4 is 11.9 Å². The van der Waals surface area contributed by atoms with Crippen LogP contribution in [-0.2, 0) is 11.3 Å². The normalized spacial score (nSPS) is 23.5. The fourth-order valence-electron chi connectivity index (χ4n) is 4.97. The van der Waals surface area contributed by atoms with Gasteiger partial charge in [0.25, 0.3) is 0 Å². The Kier molecular flexibility index (Phi) is 4.81. The lowest BCUT2D eigenvalue weighted by molar-refractivity contribution is -0.00633. The third-order valence-corrected chi connectivity index (χ3v) is 6.61. The van der Waals surface area contributed by atoms with Gasteiger partial charge in [0.2, 0.25) is 0 Å². The van der Waals surface area contributed by atoms with Crippen molar-refractivity contribution in [2.75, 3.05) is 37.6 Å². The first-order chi connectivity index (χ1) is 14.5. The largest absolute Gasteiger partial charge is 0.440 e. The van der Waals surface area contributed by atoms with E-state index in [1.54, 1.807) is 6.20 Å². The fourth-order valence-corrected chi connectivity index (χ4v) is 4.97. The second-order valence-corrected chi connectivity index (χ2v) is 8.45. The van der Waals surface area contributed by atoms with Gasteiger partial charge in [-0.2, -0.15) is 0 Å². The Labute approximate surface area is 175 Å². The summed E-state index contributed by atoms with van der Waals surface area (Å²) < 4.78 is 19.2. The molecule has 0 radical (unpaired) electrons. The van der Waals surface area contributed by atoms with Gasteiger partial charge in [-0.3, -0.25) is 9.80 Å². The minimum Gasteiger partial charge on any atom is -0.440 e. The highest BCUT2D eigenvalue weighted by Crippen LogP contribution is 2.41. The number of benzene rings is 1. The number of ether oxygens (including phenoxy) is 1. The number of halogens is 1. The van der Waals surface area contributed by atoms with Crippen LogP contribution in [0.2, 0.25) is 0 Å². The van der Waals surface area contributed by atoms with Crippen LogP contribution in [-0.4, -0.2) is 70.2 Å². The number of rotatable bonds is 3. The van der Waals surface area contributed by atoms with Crippen molar-refractivity contribution < 1.29 is 13.9 Å². The molecule has 3 saturated heterocycles. The SMILES string of the molecule is Cc1nccc(N2CCC3(CC2)OC(=O)N2CCN(Cc4ccc(F)cc4)CC23)n1. The molecule has 3 aliphatic rings. The van der Waals surface area contributed by atoms with E-state index in [9.17, 15) is 9.18 Å². The number of hydrogen-bond acceptors (Lipinski definition) is 6. The number of piperazine rings is 1. The highest BCUT2D eigenvalue weighted by atomic mass is 19.1. The first-order valence-electron chi connectivity index (χ1n) is 10.5. The Morgan fingerprint density at radius 2 is 1.90 bits per heavy atom. The summed E-state index contributed by atoms with van der Waals surface area (Å²) >= 11 is 0. The topological polar surface area (TPSA) is 61.8 Å². The molecule has 0 aliphatic carbocycles. The van der Waals surface area contributed by atoms with Crippen molar-refractivity contribution in [3.8, 4) is 0 Å². The van der Waals surface area contributed by atoms with E-state index in [1.807, 2.05) is 30.0 Å². The maximum atomic E-state index is 13.2. The number of anilines is 1. The van der Waals surface area contributed by atoms with Gasteiger partial charge in [-0.15, -0.1) is 0 Å². The van der Waals surface area contributed by atoms with Crippen molar-refractivity contribution in [2.24, 2.45) is 0 Å². The number of fused-ring (bicyclic) bond motifs is 2. The van der Waals surface area contributed by atoms with Crippen molar-refractivity contribution in [1.29, 1.82) is 0 Å². The third kappa shape index (κ3) is 3.49. The van der Waals surface area contributed by atoms with E-state index in [4.69, 9.17) is 4.74 Å². The van der Waals surface area contributed by atoms with Crippen LogP contribution < -0.4 is 4.90 Å². The summed E-state index contributed by atoms with van der Waals surface area (Å²) in [6.45, 7) is 6.48. The van der Waals surface area contributed by atoms with Gasteiger partial charge in [0.15, 0.2) is 0 Å². The second kappa shape index (κ2) is 7.50. The maximum absolute atomic E-state index is 13.2. The zero-order valence-electron chi connectivity index (χ0n) is 17.1. The van der Waals surface area contributed by atoms with Crippen molar-refractivity contribution in [2.45, 2.75) is 38.0 Å². The zero-order chi connectivity index (χ0) is 20.7. The Balaban J connectivity index is 1.29. The van der Waals surface area contributed by atoms with E-state index >= 15 is 0 Å². The summed E-state index contributed by atoms with van der Waals surface area (Å²) in [7, 11) is 0. The molecule has 1 spiro atoms.